The maximum absolute atomic E-state index is 13.7. The van der Waals surface area contributed by atoms with Gasteiger partial charge in [-0.15, -0.1) is 0 Å². The maximum Gasteiger partial charge on any atom is 0.229 e. The molecule has 1 atom stereocenters. The topological polar surface area (TPSA) is 76.7 Å². The molecular formula is C30H22O5. The Morgan fingerprint density at radius 2 is 1.66 bits per heavy atom. The molecule has 0 bridgehead atoms. The summed E-state index contributed by atoms with van der Waals surface area (Å²) in [4.78, 5) is 27.3. The molecule has 35 heavy (non-hydrogen) atoms. The first-order chi connectivity index (χ1) is 16.8. The lowest BCUT2D eigenvalue weighted by atomic mass is 9.91. The standard InChI is InChI=1S/C30H22O5/c1-16(2)8-7-14-30(3)15-13-20-23-22-19(27(33)28(20)35-30)11-6-12-21(22)34-29-24(23)25(31)17-9-4-5-10-18(17)26(29)32/h4-15,32H,1-3H3. The third kappa shape index (κ3) is 3.01. The van der Waals surface area contributed by atoms with Gasteiger partial charge in [-0.3, -0.25) is 9.59 Å². The van der Waals surface area contributed by atoms with Crippen LogP contribution in [0.2, 0.25) is 0 Å². The number of allylic oxidation sites excluding steroid dienone is 3. The summed E-state index contributed by atoms with van der Waals surface area (Å²) in [5.41, 5.74) is 0.797. The normalized spacial score (nSPS) is 17.5. The van der Waals surface area contributed by atoms with Gasteiger partial charge in [-0.2, -0.15) is 0 Å². The van der Waals surface area contributed by atoms with Crippen LogP contribution in [0.25, 0.3) is 49.6 Å². The Balaban J connectivity index is 1.79. The number of hydrogen-bond acceptors (Lipinski definition) is 5. The second-order valence-electron chi connectivity index (χ2n) is 9.38. The Bertz CT molecular complexity index is 1900. The Kier molecular flexibility index (Phi) is 4.42. The predicted octanol–water partition coefficient (Wildman–Crippen LogP) is 6.44. The highest BCUT2D eigenvalue weighted by atomic mass is 16.5. The molecule has 0 fully saturated rings. The van der Waals surface area contributed by atoms with Crippen LogP contribution in [0.15, 0.2) is 86.3 Å². The van der Waals surface area contributed by atoms with Crippen molar-refractivity contribution in [1.82, 2.24) is 0 Å². The van der Waals surface area contributed by atoms with Crippen LogP contribution in [0.1, 0.15) is 26.3 Å². The van der Waals surface area contributed by atoms with Crippen LogP contribution in [0, 0.1) is 0 Å². The van der Waals surface area contributed by atoms with E-state index in [4.69, 9.17) is 9.15 Å². The summed E-state index contributed by atoms with van der Waals surface area (Å²) in [7, 11) is 0. The molecule has 172 valence electrons. The van der Waals surface area contributed by atoms with Crippen molar-refractivity contribution in [2.45, 2.75) is 26.4 Å². The molecule has 0 amide bonds. The SMILES string of the molecule is CC(C)=CC=CC1(C)C=Cc2c(c(=O)c3cccc4oc5c(O)c6ccccc6c(=O)c5c2c43)O1. The third-order valence-corrected chi connectivity index (χ3v) is 6.56. The minimum Gasteiger partial charge on any atom is -0.504 e. The third-order valence-electron chi connectivity index (χ3n) is 6.56. The van der Waals surface area contributed by atoms with Crippen molar-refractivity contribution in [3.05, 3.63) is 98.4 Å². The largest absolute Gasteiger partial charge is 0.504 e. The van der Waals surface area contributed by atoms with E-state index in [1.165, 1.54) is 0 Å². The van der Waals surface area contributed by atoms with E-state index < -0.39 is 5.60 Å². The van der Waals surface area contributed by atoms with Crippen LogP contribution in [0.4, 0.5) is 0 Å². The van der Waals surface area contributed by atoms with Crippen molar-refractivity contribution in [3.63, 3.8) is 0 Å². The lowest BCUT2D eigenvalue weighted by Gasteiger charge is -2.29. The van der Waals surface area contributed by atoms with E-state index >= 15 is 0 Å². The molecule has 0 spiro atoms. The molecule has 0 aliphatic carbocycles. The van der Waals surface area contributed by atoms with Crippen LogP contribution >= 0.6 is 0 Å². The first kappa shape index (κ1) is 21.2. The second kappa shape index (κ2) is 7.31. The zero-order valence-electron chi connectivity index (χ0n) is 19.5. The number of rotatable bonds is 2. The van der Waals surface area contributed by atoms with E-state index in [1.54, 1.807) is 42.5 Å². The first-order valence-electron chi connectivity index (χ1n) is 11.4. The zero-order chi connectivity index (χ0) is 24.5. The lowest BCUT2D eigenvalue weighted by Crippen LogP contribution is -2.32. The summed E-state index contributed by atoms with van der Waals surface area (Å²) in [5.74, 6) is 0.0735. The van der Waals surface area contributed by atoms with Gasteiger partial charge in [-0.1, -0.05) is 60.2 Å². The second-order valence-corrected chi connectivity index (χ2v) is 9.38. The van der Waals surface area contributed by atoms with Gasteiger partial charge in [0.1, 0.15) is 11.2 Å². The van der Waals surface area contributed by atoms with Crippen molar-refractivity contribution < 1.29 is 14.3 Å². The van der Waals surface area contributed by atoms with E-state index in [0.29, 0.717) is 38.1 Å². The average Bonchev–Trinajstić information content (AvgIpc) is 2.84. The molecule has 6 rings (SSSR count). The molecule has 5 heteroatoms. The summed E-state index contributed by atoms with van der Waals surface area (Å²) in [5, 5.41) is 13.6. The van der Waals surface area contributed by atoms with Gasteiger partial charge in [0.25, 0.3) is 0 Å². The molecule has 0 saturated carbocycles. The molecule has 4 aromatic carbocycles. The van der Waals surface area contributed by atoms with Crippen molar-refractivity contribution in [3.8, 4) is 11.5 Å². The number of ether oxygens (including phenoxy) is 1. The van der Waals surface area contributed by atoms with Gasteiger partial charge in [0.05, 0.1) is 5.39 Å². The van der Waals surface area contributed by atoms with Gasteiger partial charge >= 0.3 is 0 Å². The molecule has 1 aromatic heterocycles. The van der Waals surface area contributed by atoms with Gasteiger partial charge in [-0.25, -0.2) is 0 Å². The van der Waals surface area contributed by atoms with Crippen molar-refractivity contribution in [2.24, 2.45) is 0 Å². The Hall–Kier alpha value is -4.38. The van der Waals surface area contributed by atoms with Gasteiger partial charge in [-0.05, 0) is 39.0 Å². The van der Waals surface area contributed by atoms with E-state index in [2.05, 4.69) is 0 Å². The molecule has 0 radical (unpaired) electrons. The molecule has 1 N–H and O–H groups in total. The smallest absolute Gasteiger partial charge is 0.229 e. The molecule has 5 aromatic rings. The molecule has 1 unspecified atom stereocenters. The van der Waals surface area contributed by atoms with Crippen LogP contribution < -0.4 is 15.6 Å². The van der Waals surface area contributed by atoms with E-state index in [0.717, 1.165) is 5.57 Å². The fourth-order valence-electron chi connectivity index (χ4n) is 4.90. The fourth-order valence-corrected chi connectivity index (χ4v) is 4.90. The molecule has 0 saturated heterocycles. The van der Waals surface area contributed by atoms with Crippen LogP contribution in [0.5, 0.6) is 11.5 Å². The Labute approximate surface area is 200 Å². The van der Waals surface area contributed by atoms with Crippen molar-refractivity contribution in [1.29, 1.82) is 0 Å². The highest BCUT2D eigenvalue weighted by Gasteiger charge is 2.31. The highest BCUT2D eigenvalue weighted by molar-refractivity contribution is 6.24. The number of phenols is 1. The fraction of sp³-hybridized carbons (Fsp3) is 0.133. The number of benzene rings is 4. The zero-order valence-corrected chi connectivity index (χ0v) is 19.5. The average molecular weight is 463 g/mol. The molecular weight excluding hydrogens is 440 g/mol. The van der Waals surface area contributed by atoms with E-state index in [1.807, 2.05) is 51.2 Å². The van der Waals surface area contributed by atoms with E-state index in [-0.39, 0.29) is 33.3 Å². The Morgan fingerprint density at radius 1 is 0.914 bits per heavy atom. The summed E-state index contributed by atoms with van der Waals surface area (Å²) in [6, 6.07) is 12.1. The van der Waals surface area contributed by atoms with E-state index in [9.17, 15) is 14.7 Å². The highest BCUT2D eigenvalue weighted by Crippen LogP contribution is 2.43. The lowest BCUT2D eigenvalue weighted by molar-refractivity contribution is 0.188. The van der Waals surface area contributed by atoms with Crippen LogP contribution in [-0.4, -0.2) is 10.7 Å². The summed E-state index contributed by atoms with van der Waals surface area (Å²) in [6.07, 6.45) is 9.47. The van der Waals surface area contributed by atoms with Crippen molar-refractivity contribution >= 4 is 49.6 Å². The molecule has 2 heterocycles. The summed E-state index contributed by atoms with van der Waals surface area (Å²) < 4.78 is 12.4. The van der Waals surface area contributed by atoms with Crippen LogP contribution in [-0.2, 0) is 0 Å². The van der Waals surface area contributed by atoms with Gasteiger partial charge in [0.2, 0.25) is 5.43 Å². The number of aromatic hydroxyl groups is 1. The summed E-state index contributed by atoms with van der Waals surface area (Å²) >= 11 is 0. The molecule has 5 nitrogen and oxygen atoms in total. The summed E-state index contributed by atoms with van der Waals surface area (Å²) in [6.45, 7) is 5.88. The van der Waals surface area contributed by atoms with Gasteiger partial charge in [0.15, 0.2) is 22.5 Å². The monoisotopic (exact) mass is 462 g/mol. The quantitative estimate of drug-likeness (QED) is 0.186. The van der Waals surface area contributed by atoms with Gasteiger partial charge in [0, 0.05) is 32.5 Å². The van der Waals surface area contributed by atoms with Crippen molar-refractivity contribution in [2.75, 3.05) is 0 Å². The first-order valence-corrected chi connectivity index (χ1v) is 11.4. The Morgan fingerprint density at radius 3 is 2.43 bits per heavy atom. The van der Waals surface area contributed by atoms with Crippen LogP contribution in [0.3, 0.4) is 0 Å². The number of fused-ring (bicyclic) bond motifs is 5. The molecule has 1 aliphatic heterocycles. The van der Waals surface area contributed by atoms with Gasteiger partial charge < -0.3 is 14.3 Å². The minimum atomic E-state index is -0.837. The minimum absolute atomic E-state index is 0.0970. The number of hydrogen-bond donors (Lipinski definition) is 1. The maximum atomic E-state index is 13.7. The molecule has 1 aliphatic rings. The number of phenolic OH excluding ortho intramolecular Hbond substituents is 1. The predicted molar refractivity (Wildman–Crippen MR) is 141 cm³/mol.